The van der Waals surface area contributed by atoms with Gasteiger partial charge in [0, 0.05) is 12.8 Å². The molecular formula is C21H26N2O5. The highest BCUT2D eigenvalue weighted by Gasteiger charge is 2.30. The van der Waals surface area contributed by atoms with Crippen molar-refractivity contribution in [2.75, 3.05) is 6.54 Å². The zero-order valence-corrected chi connectivity index (χ0v) is 15.8. The summed E-state index contributed by atoms with van der Waals surface area (Å²) in [5, 5.41) is 8.90. The Kier molecular flexibility index (Phi) is 8.50. The highest BCUT2D eigenvalue weighted by Crippen LogP contribution is 2.28. The van der Waals surface area contributed by atoms with Gasteiger partial charge in [-0.05, 0) is 31.2 Å². The quantitative estimate of drug-likeness (QED) is 0.294. The largest absolute Gasteiger partial charge is 0.462 e. The minimum Gasteiger partial charge on any atom is -0.462 e. The smallest absolute Gasteiger partial charge is 0.308 e. The molecule has 1 aliphatic rings. The van der Waals surface area contributed by atoms with E-state index in [0.29, 0.717) is 5.56 Å². The molecule has 2 N–H and O–H groups in total. The van der Waals surface area contributed by atoms with Gasteiger partial charge in [0.25, 0.3) is 5.91 Å². The topological polar surface area (TPSA) is 95.9 Å². The van der Waals surface area contributed by atoms with E-state index < -0.39 is 24.5 Å². The first-order chi connectivity index (χ1) is 13.5. The predicted molar refractivity (Wildman–Crippen MR) is 102 cm³/mol. The molecule has 7 heteroatoms. The zero-order valence-electron chi connectivity index (χ0n) is 15.8. The monoisotopic (exact) mass is 386 g/mol. The van der Waals surface area contributed by atoms with E-state index in [-0.39, 0.29) is 31.3 Å². The highest BCUT2D eigenvalue weighted by atomic mass is 16.5. The van der Waals surface area contributed by atoms with Crippen LogP contribution in [0.2, 0.25) is 0 Å². The molecule has 1 aromatic carbocycles. The first-order valence-corrected chi connectivity index (χ1v) is 9.45. The maximum Gasteiger partial charge on any atom is 0.308 e. The number of hydroxylamine groups is 1. The second kappa shape index (κ2) is 11.1. The Hall–Kier alpha value is -2.85. The first-order valence-electron chi connectivity index (χ1n) is 9.45. The van der Waals surface area contributed by atoms with Gasteiger partial charge in [0.05, 0.1) is 12.5 Å². The Labute approximate surface area is 165 Å². The molecule has 150 valence electrons. The fourth-order valence-corrected chi connectivity index (χ4v) is 3.37. The van der Waals surface area contributed by atoms with Crippen LogP contribution in [0, 0.1) is 12.3 Å². The van der Waals surface area contributed by atoms with Crippen molar-refractivity contribution in [2.45, 2.75) is 57.1 Å². The van der Waals surface area contributed by atoms with Crippen LogP contribution in [-0.4, -0.2) is 40.5 Å². The molecule has 28 heavy (non-hydrogen) atoms. The summed E-state index contributed by atoms with van der Waals surface area (Å²) < 4.78 is 5.55. The van der Waals surface area contributed by atoms with Gasteiger partial charge in [0.15, 0.2) is 0 Å². The van der Waals surface area contributed by atoms with Crippen molar-refractivity contribution in [3.8, 4) is 12.3 Å². The fourth-order valence-electron chi connectivity index (χ4n) is 3.37. The molecule has 1 fully saturated rings. The van der Waals surface area contributed by atoms with E-state index in [0.717, 1.165) is 25.7 Å². The van der Waals surface area contributed by atoms with Gasteiger partial charge < -0.3 is 9.64 Å². The Balaban J connectivity index is 2.24. The molecule has 0 bridgehead atoms. The standard InChI is InChI=1S/C21H26N2O5/c1-2-3-13-20(25)23(15-19(24)22-27)18(16-9-5-4-6-10-16)14-21(26)28-17-11-7-8-12-17/h1,4-6,9-10,17-18,27H,3,7-8,11-15H2,(H,22,24). The Morgan fingerprint density at radius 1 is 1.25 bits per heavy atom. The maximum atomic E-state index is 12.7. The summed E-state index contributed by atoms with van der Waals surface area (Å²) >= 11 is 0. The molecule has 2 rings (SSSR count). The number of carbonyl (C=O) groups is 3. The number of hydrogen-bond acceptors (Lipinski definition) is 5. The van der Waals surface area contributed by atoms with Gasteiger partial charge in [-0.15, -0.1) is 12.3 Å². The summed E-state index contributed by atoms with van der Waals surface area (Å²) in [5.74, 6) is 0.861. The molecule has 1 aliphatic carbocycles. The second-order valence-corrected chi connectivity index (χ2v) is 6.79. The summed E-state index contributed by atoms with van der Waals surface area (Å²) in [6.07, 6.45) is 9.09. The molecule has 1 atom stereocenters. The molecule has 2 amide bonds. The van der Waals surface area contributed by atoms with Crippen molar-refractivity contribution in [3.05, 3.63) is 35.9 Å². The van der Waals surface area contributed by atoms with Gasteiger partial charge in [0.1, 0.15) is 12.6 Å². The van der Waals surface area contributed by atoms with Crippen LogP contribution in [0.4, 0.5) is 0 Å². The third-order valence-electron chi connectivity index (χ3n) is 4.76. The lowest BCUT2D eigenvalue weighted by Gasteiger charge is -2.31. The van der Waals surface area contributed by atoms with E-state index >= 15 is 0 Å². The van der Waals surface area contributed by atoms with Gasteiger partial charge >= 0.3 is 5.97 Å². The molecule has 0 radical (unpaired) electrons. The Morgan fingerprint density at radius 3 is 2.54 bits per heavy atom. The molecule has 1 saturated carbocycles. The lowest BCUT2D eigenvalue weighted by Crippen LogP contribution is -2.43. The Morgan fingerprint density at radius 2 is 1.93 bits per heavy atom. The number of nitrogens with zero attached hydrogens (tertiary/aromatic N) is 1. The summed E-state index contributed by atoms with van der Waals surface area (Å²) in [5.41, 5.74) is 2.24. The highest BCUT2D eigenvalue weighted by molar-refractivity contribution is 5.85. The van der Waals surface area contributed by atoms with E-state index in [9.17, 15) is 14.4 Å². The van der Waals surface area contributed by atoms with Crippen LogP contribution in [0.15, 0.2) is 30.3 Å². The van der Waals surface area contributed by atoms with Gasteiger partial charge in [-0.3, -0.25) is 19.6 Å². The van der Waals surface area contributed by atoms with E-state index in [1.807, 2.05) is 6.07 Å². The van der Waals surface area contributed by atoms with Crippen molar-refractivity contribution >= 4 is 17.8 Å². The zero-order chi connectivity index (χ0) is 20.4. The van der Waals surface area contributed by atoms with Gasteiger partial charge in [-0.1, -0.05) is 30.3 Å². The average Bonchev–Trinajstić information content (AvgIpc) is 3.22. The van der Waals surface area contributed by atoms with Crippen LogP contribution >= 0.6 is 0 Å². The Bertz CT molecular complexity index is 707. The number of nitrogens with one attached hydrogen (secondary N) is 1. The van der Waals surface area contributed by atoms with Gasteiger partial charge in [0.2, 0.25) is 5.91 Å². The van der Waals surface area contributed by atoms with Crippen LogP contribution in [-0.2, 0) is 19.1 Å². The van der Waals surface area contributed by atoms with E-state index in [4.69, 9.17) is 16.4 Å². The van der Waals surface area contributed by atoms with Crippen molar-refractivity contribution in [1.82, 2.24) is 10.4 Å². The molecule has 1 aromatic rings. The molecule has 7 nitrogen and oxygen atoms in total. The van der Waals surface area contributed by atoms with Gasteiger partial charge in [-0.2, -0.15) is 0 Å². The number of carbonyl (C=O) groups excluding carboxylic acids is 3. The molecule has 0 aliphatic heterocycles. The number of amides is 2. The third kappa shape index (κ3) is 6.39. The predicted octanol–water partition coefficient (Wildman–Crippen LogP) is 2.35. The molecule has 0 aromatic heterocycles. The molecule has 0 heterocycles. The van der Waals surface area contributed by atoms with Crippen LogP contribution in [0.3, 0.4) is 0 Å². The number of esters is 1. The number of terminal acetylenes is 1. The fraction of sp³-hybridized carbons (Fsp3) is 0.476. The minimum atomic E-state index is -0.751. The van der Waals surface area contributed by atoms with Crippen LogP contribution < -0.4 is 5.48 Å². The molecular weight excluding hydrogens is 360 g/mol. The average molecular weight is 386 g/mol. The second-order valence-electron chi connectivity index (χ2n) is 6.79. The van der Waals surface area contributed by atoms with E-state index in [1.54, 1.807) is 24.3 Å². The lowest BCUT2D eigenvalue weighted by atomic mass is 10.0. The molecule has 0 spiro atoms. The third-order valence-corrected chi connectivity index (χ3v) is 4.76. The van der Waals surface area contributed by atoms with Crippen molar-refractivity contribution in [2.24, 2.45) is 0 Å². The van der Waals surface area contributed by atoms with Crippen molar-refractivity contribution < 1.29 is 24.3 Å². The number of rotatable bonds is 9. The summed E-state index contributed by atoms with van der Waals surface area (Å²) in [7, 11) is 0. The van der Waals surface area contributed by atoms with Crippen LogP contribution in [0.25, 0.3) is 0 Å². The summed E-state index contributed by atoms with van der Waals surface area (Å²) in [6.45, 7) is -0.393. The van der Waals surface area contributed by atoms with E-state index in [2.05, 4.69) is 5.92 Å². The van der Waals surface area contributed by atoms with Crippen molar-refractivity contribution in [3.63, 3.8) is 0 Å². The van der Waals surface area contributed by atoms with Crippen LogP contribution in [0.5, 0.6) is 0 Å². The maximum absolute atomic E-state index is 12.7. The van der Waals surface area contributed by atoms with Crippen molar-refractivity contribution in [1.29, 1.82) is 0 Å². The molecule has 1 unspecified atom stereocenters. The number of hydrogen-bond donors (Lipinski definition) is 2. The number of ether oxygens (including phenoxy) is 1. The number of benzene rings is 1. The summed E-state index contributed by atoms with van der Waals surface area (Å²) in [4.78, 5) is 38.3. The lowest BCUT2D eigenvalue weighted by molar-refractivity contribution is -0.152. The normalized spacial score (nSPS) is 14.7. The first kappa shape index (κ1) is 21.5. The van der Waals surface area contributed by atoms with Crippen LogP contribution in [0.1, 0.15) is 56.6 Å². The van der Waals surface area contributed by atoms with Gasteiger partial charge in [-0.25, -0.2) is 5.48 Å². The SMILES string of the molecule is C#CCCC(=O)N(CC(=O)NO)C(CC(=O)OC1CCCC1)c1ccccc1. The summed E-state index contributed by atoms with van der Waals surface area (Å²) in [6, 6.07) is 8.28. The van der Waals surface area contributed by atoms with E-state index in [1.165, 1.54) is 10.4 Å². The minimum absolute atomic E-state index is 0.0379. The molecule has 0 saturated heterocycles.